The van der Waals surface area contributed by atoms with E-state index in [0.29, 0.717) is 36.8 Å². The lowest BCUT2D eigenvalue weighted by Crippen LogP contribution is -2.38. The number of hydrogen-bond acceptors (Lipinski definition) is 6. The van der Waals surface area contributed by atoms with E-state index in [1.54, 1.807) is 30.3 Å². The second kappa shape index (κ2) is 11.4. The van der Waals surface area contributed by atoms with Crippen molar-refractivity contribution in [3.05, 3.63) is 64.2 Å². The number of likely N-dealkylation sites (N-methyl/N-ethyl adjacent to an activating group) is 1. The lowest BCUT2D eigenvalue weighted by atomic mass is 9.94. The summed E-state index contributed by atoms with van der Waals surface area (Å²) in [6.07, 6.45) is 0. The molecule has 0 saturated carbocycles. The van der Waals surface area contributed by atoms with Gasteiger partial charge in [-0.3, -0.25) is 9.59 Å². The summed E-state index contributed by atoms with van der Waals surface area (Å²) in [7, 11) is 1.53. The smallest absolute Gasteiger partial charge is 0.295 e. The number of para-hydroxylation sites is 1. The fraction of sp³-hybridized carbons (Fsp3) is 0.385. The summed E-state index contributed by atoms with van der Waals surface area (Å²) >= 11 is 6.39. The molecule has 34 heavy (non-hydrogen) atoms. The third-order valence-electron chi connectivity index (χ3n) is 6.03. The highest BCUT2D eigenvalue weighted by molar-refractivity contribution is 6.47. The van der Waals surface area contributed by atoms with Crippen LogP contribution in [0, 0.1) is 0 Å². The van der Waals surface area contributed by atoms with Crippen LogP contribution >= 0.6 is 11.6 Å². The molecule has 2 aromatic rings. The van der Waals surface area contributed by atoms with Crippen LogP contribution in [-0.2, 0) is 9.59 Å². The minimum atomic E-state index is -0.821. The predicted octanol–water partition coefficient (Wildman–Crippen LogP) is 4.51. The summed E-state index contributed by atoms with van der Waals surface area (Å²) in [5.74, 6) is -0.751. The van der Waals surface area contributed by atoms with E-state index < -0.39 is 17.7 Å². The highest BCUT2D eigenvalue weighted by Crippen LogP contribution is 2.43. The SMILES string of the molecule is CCOc1ccc(Cl)c(/C(O)=C2\C(=O)C(=O)N(CCN(CC)CC)C2c2ccccc2OC)c1. The first-order valence-electron chi connectivity index (χ1n) is 11.4. The number of ether oxygens (including phenoxy) is 2. The highest BCUT2D eigenvalue weighted by atomic mass is 35.5. The zero-order valence-electron chi connectivity index (χ0n) is 20.0. The van der Waals surface area contributed by atoms with E-state index in [1.165, 1.54) is 12.0 Å². The summed E-state index contributed by atoms with van der Waals surface area (Å²) in [4.78, 5) is 30.1. The molecule has 1 fully saturated rings. The molecule has 0 spiro atoms. The molecule has 8 heteroatoms. The number of benzene rings is 2. The van der Waals surface area contributed by atoms with Gasteiger partial charge < -0.3 is 24.4 Å². The van der Waals surface area contributed by atoms with Crippen LogP contribution < -0.4 is 9.47 Å². The number of carbonyl (C=O) groups is 2. The highest BCUT2D eigenvalue weighted by Gasteiger charge is 2.47. The average molecular weight is 487 g/mol. The molecule has 2 aromatic carbocycles. The molecular weight excluding hydrogens is 456 g/mol. The summed E-state index contributed by atoms with van der Waals surface area (Å²) in [6, 6.07) is 11.2. The van der Waals surface area contributed by atoms with Crippen molar-refractivity contribution >= 4 is 29.1 Å². The average Bonchev–Trinajstić information content (AvgIpc) is 3.10. The number of nitrogens with zero attached hydrogens (tertiary/aromatic N) is 2. The van der Waals surface area contributed by atoms with E-state index in [-0.39, 0.29) is 21.9 Å². The Balaban J connectivity index is 2.18. The van der Waals surface area contributed by atoms with Crippen LogP contribution in [0.2, 0.25) is 5.02 Å². The number of aliphatic hydroxyl groups excluding tert-OH is 1. The standard InChI is InChI=1S/C26H31ClN2O5/c1-5-28(6-2)14-15-29-23(18-10-8-9-11-21(18)33-4)22(25(31)26(29)32)24(30)19-16-17(34-7-3)12-13-20(19)27/h8-13,16,23,30H,5-7,14-15H2,1-4H3/b24-22+. The predicted molar refractivity (Wildman–Crippen MR) is 132 cm³/mol. The van der Waals surface area contributed by atoms with Crippen molar-refractivity contribution in [3.63, 3.8) is 0 Å². The van der Waals surface area contributed by atoms with E-state index in [0.717, 1.165) is 13.1 Å². The fourth-order valence-electron chi connectivity index (χ4n) is 4.20. The van der Waals surface area contributed by atoms with Crippen LogP contribution in [-0.4, -0.2) is 66.5 Å². The maximum atomic E-state index is 13.3. The molecule has 1 amide bonds. The van der Waals surface area contributed by atoms with Crippen molar-refractivity contribution in [2.45, 2.75) is 26.8 Å². The van der Waals surface area contributed by atoms with Gasteiger partial charge in [0.15, 0.2) is 0 Å². The molecule has 0 aromatic heterocycles. The number of Topliss-reactive ketones (excluding diaryl/α,β-unsaturated/α-hetero) is 1. The second-order valence-corrected chi connectivity index (χ2v) is 8.24. The minimum Gasteiger partial charge on any atom is -0.507 e. The molecule has 182 valence electrons. The van der Waals surface area contributed by atoms with E-state index in [4.69, 9.17) is 21.1 Å². The Bertz CT molecular complexity index is 1080. The zero-order chi connectivity index (χ0) is 24.8. The first-order valence-corrected chi connectivity index (χ1v) is 11.8. The topological polar surface area (TPSA) is 79.3 Å². The Labute approximate surface area is 205 Å². The number of amides is 1. The quantitative estimate of drug-likeness (QED) is 0.302. The van der Waals surface area contributed by atoms with Gasteiger partial charge in [0.25, 0.3) is 11.7 Å². The van der Waals surface area contributed by atoms with Gasteiger partial charge in [-0.1, -0.05) is 43.6 Å². The number of ketones is 1. The molecule has 1 aliphatic rings. The first kappa shape index (κ1) is 25.6. The Morgan fingerprint density at radius 2 is 1.82 bits per heavy atom. The van der Waals surface area contributed by atoms with E-state index in [9.17, 15) is 14.7 Å². The third-order valence-corrected chi connectivity index (χ3v) is 6.36. The number of carbonyl (C=O) groups excluding carboxylic acids is 2. The summed E-state index contributed by atoms with van der Waals surface area (Å²) in [6.45, 7) is 8.91. The molecule has 1 aliphatic heterocycles. The molecule has 1 heterocycles. The van der Waals surface area contributed by atoms with E-state index in [2.05, 4.69) is 4.90 Å². The number of aliphatic hydroxyl groups is 1. The minimum absolute atomic E-state index is 0.0235. The third kappa shape index (κ3) is 5.05. The number of likely N-dealkylation sites (tertiary alicyclic amines) is 1. The molecule has 0 aliphatic carbocycles. The van der Waals surface area contributed by atoms with Gasteiger partial charge in [0, 0.05) is 24.2 Å². The molecule has 0 bridgehead atoms. The molecule has 1 unspecified atom stereocenters. The van der Waals surface area contributed by atoms with Gasteiger partial charge in [-0.2, -0.15) is 0 Å². The van der Waals surface area contributed by atoms with Crippen molar-refractivity contribution in [2.75, 3.05) is 39.9 Å². The first-order chi connectivity index (χ1) is 16.4. The van der Waals surface area contributed by atoms with Crippen LogP contribution in [0.1, 0.15) is 37.9 Å². The van der Waals surface area contributed by atoms with Crippen molar-refractivity contribution < 1.29 is 24.2 Å². The van der Waals surface area contributed by atoms with Gasteiger partial charge in [-0.05, 0) is 44.3 Å². The number of hydrogen-bond donors (Lipinski definition) is 1. The summed E-state index contributed by atoms with van der Waals surface area (Å²) in [5.41, 5.74) is 0.821. The molecule has 0 radical (unpaired) electrons. The molecule has 1 N–H and O–H groups in total. The van der Waals surface area contributed by atoms with Gasteiger partial charge in [-0.25, -0.2) is 0 Å². The Morgan fingerprint density at radius 3 is 2.47 bits per heavy atom. The molecule has 1 atom stereocenters. The monoisotopic (exact) mass is 486 g/mol. The van der Waals surface area contributed by atoms with E-state index in [1.807, 2.05) is 32.9 Å². The van der Waals surface area contributed by atoms with Gasteiger partial charge in [0.05, 0.1) is 30.4 Å². The number of methoxy groups -OCH3 is 1. The van der Waals surface area contributed by atoms with Crippen molar-refractivity contribution in [1.82, 2.24) is 9.80 Å². The summed E-state index contributed by atoms with van der Waals surface area (Å²) < 4.78 is 11.1. The van der Waals surface area contributed by atoms with Crippen LogP contribution in [0.4, 0.5) is 0 Å². The Hall–Kier alpha value is -3.03. The number of rotatable bonds is 10. The van der Waals surface area contributed by atoms with Gasteiger partial charge in [0.1, 0.15) is 17.3 Å². The summed E-state index contributed by atoms with van der Waals surface area (Å²) in [5, 5.41) is 11.6. The van der Waals surface area contributed by atoms with Crippen LogP contribution in [0.25, 0.3) is 5.76 Å². The van der Waals surface area contributed by atoms with Crippen LogP contribution in [0.3, 0.4) is 0 Å². The van der Waals surface area contributed by atoms with Gasteiger partial charge in [0.2, 0.25) is 0 Å². The Kier molecular flexibility index (Phi) is 8.58. The van der Waals surface area contributed by atoms with Crippen LogP contribution in [0.15, 0.2) is 48.0 Å². The normalized spacial score (nSPS) is 17.5. The van der Waals surface area contributed by atoms with Gasteiger partial charge >= 0.3 is 0 Å². The second-order valence-electron chi connectivity index (χ2n) is 7.84. The van der Waals surface area contributed by atoms with Crippen LogP contribution in [0.5, 0.6) is 11.5 Å². The molecule has 1 saturated heterocycles. The lowest BCUT2D eigenvalue weighted by Gasteiger charge is -2.29. The maximum absolute atomic E-state index is 13.3. The zero-order valence-corrected chi connectivity index (χ0v) is 20.8. The maximum Gasteiger partial charge on any atom is 0.295 e. The van der Waals surface area contributed by atoms with Crippen molar-refractivity contribution in [1.29, 1.82) is 0 Å². The van der Waals surface area contributed by atoms with Crippen molar-refractivity contribution in [2.24, 2.45) is 0 Å². The largest absolute Gasteiger partial charge is 0.507 e. The fourth-order valence-corrected chi connectivity index (χ4v) is 4.41. The molecular formula is C26H31ClN2O5. The Morgan fingerprint density at radius 1 is 1.12 bits per heavy atom. The molecule has 3 rings (SSSR count). The van der Waals surface area contributed by atoms with Crippen molar-refractivity contribution in [3.8, 4) is 11.5 Å². The van der Waals surface area contributed by atoms with E-state index >= 15 is 0 Å². The number of halogens is 1. The van der Waals surface area contributed by atoms with Gasteiger partial charge in [-0.15, -0.1) is 0 Å². The molecule has 7 nitrogen and oxygen atoms in total. The lowest BCUT2D eigenvalue weighted by molar-refractivity contribution is -0.140.